The lowest BCUT2D eigenvalue weighted by Crippen LogP contribution is -2.56. The Morgan fingerprint density at radius 3 is 2.70 bits per heavy atom. The molecule has 3 N–H and O–H groups in total. The van der Waals surface area contributed by atoms with Crippen LogP contribution in [0.5, 0.6) is 0 Å². The Morgan fingerprint density at radius 1 is 1.18 bits per heavy atom. The SMILES string of the molecule is Cn1cc(C2CN(C(=O)[C@@H]3CC[C@@H]4CCC[C@H](NC(=O)c5cc6cc(C(F)(F)P(=O)(O)O)ccc6s5)C(=O)N43)CCO2)cn1. The Kier molecular flexibility index (Phi) is 8.12. The number of rotatable bonds is 6. The molecule has 6 rings (SSSR count). The van der Waals surface area contributed by atoms with E-state index in [1.807, 2.05) is 13.2 Å². The van der Waals surface area contributed by atoms with Gasteiger partial charge in [-0.2, -0.15) is 13.9 Å². The van der Waals surface area contributed by atoms with Crippen LogP contribution in [0.4, 0.5) is 8.78 Å². The van der Waals surface area contributed by atoms with Gasteiger partial charge in [0.2, 0.25) is 11.8 Å². The van der Waals surface area contributed by atoms with E-state index in [9.17, 15) is 27.7 Å². The molecule has 3 aliphatic heterocycles. The molecule has 2 aromatic heterocycles. The Bertz CT molecular complexity index is 1660. The highest BCUT2D eigenvalue weighted by Gasteiger charge is 2.50. The maximum absolute atomic E-state index is 14.2. The molecule has 5 heterocycles. The van der Waals surface area contributed by atoms with Gasteiger partial charge >= 0.3 is 13.3 Å². The van der Waals surface area contributed by atoms with Crippen LogP contribution in [0.15, 0.2) is 36.7 Å². The van der Waals surface area contributed by atoms with Crippen molar-refractivity contribution in [2.24, 2.45) is 7.05 Å². The number of aromatic nitrogens is 2. The highest BCUT2D eigenvalue weighted by molar-refractivity contribution is 7.52. The molecule has 1 unspecified atom stereocenters. The molecule has 0 radical (unpaired) electrons. The number of hydrogen-bond acceptors (Lipinski definition) is 7. The predicted molar refractivity (Wildman–Crippen MR) is 155 cm³/mol. The Balaban J connectivity index is 1.16. The van der Waals surface area contributed by atoms with Crippen LogP contribution in [0.3, 0.4) is 0 Å². The van der Waals surface area contributed by atoms with Crippen LogP contribution in [0, 0.1) is 0 Å². The molecule has 3 aliphatic rings. The van der Waals surface area contributed by atoms with Gasteiger partial charge < -0.3 is 29.6 Å². The number of benzene rings is 1. The number of morpholine rings is 1. The van der Waals surface area contributed by atoms with Gasteiger partial charge in [-0.1, -0.05) is 6.07 Å². The largest absolute Gasteiger partial charge is 0.399 e. The Labute approximate surface area is 255 Å². The van der Waals surface area contributed by atoms with Gasteiger partial charge in [-0.25, -0.2) is 0 Å². The number of halogens is 2. The summed E-state index contributed by atoms with van der Waals surface area (Å²) in [7, 11) is -3.94. The fourth-order valence-electron chi connectivity index (χ4n) is 6.35. The summed E-state index contributed by atoms with van der Waals surface area (Å²) < 4.78 is 47.8. The van der Waals surface area contributed by atoms with Gasteiger partial charge in [0.15, 0.2) is 0 Å². The van der Waals surface area contributed by atoms with Crippen LogP contribution in [0.25, 0.3) is 10.1 Å². The molecule has 0 spiro atoms. The van der Waals surface area contributed by atoms with Crippen LogP contribution in [0.1, 0.15) is 59.0 Å². The highest BCUT2D eigenvalue weighted by atomic mass is 32.1. The monoisotopic (exact) mass is 651 g/mol. The summed E-state index contributed by atoms with van der Waals surface area (Å²) >= 11 is 1.02. The first-order chi connectivity index (χ1) is 20.8. The average molecular weight is 652 g/mol. The number of amides is 3. The second-order valence-electron chi connectivity index (χ2n) is 11.5. The minimum atomic E-state index is -5.75. The van der Waals surface area contributed by atoms with Crippen molar-refractivity contribution in [3.05, 3.63) is 52.7 Å². The van der Waals surface area contributed by atoms with Gasteiger partial charge in [-0.05, 0) is 55.7 Å². The summed E-state index contributed by atoms with van der Waals surface area (Å²) in [6.07, 6.45) is 6.25. The lowest BCUT2D eigenvalue weighted by molar-refractivity contribution is -0.150. The molecular formula is C28H32F2N5O7PS. The van der Waals surface area contributed by atoms with E-state index in [0.29, 0.717) is 56.5 Å². The molecule has 44 heavy (non-hydrogen) atoms. The van der Waals surface area contributed by atoms with E-state index in [4.69, 9.17) is 14.5 Å². The van der Waals surface area contributed by atoms with E-state index in [2.05, 4.69) is 10.4 Å². The number of nitrogens with zero attached hydrogens (tertiary/aromatic N) is 4. The lowest BCUT2D eigenvalue weighted by Gasteiger charge is -2.37. The smallest absolute Gasteiger partial charge is 0.370 e. The number of carbonyl (C=O) groups excluding carboxylic acids is 3. The zero-order valence-corrected chi connectivity index (χ0v) is 25.5. The predicted octanol–water partition coefficient (Wildman–Crippen LogP) is 3.10. The second-order valence-corrected chi connectivity index (χ2v) is 14.2. The molecule has 0 bridgehead atoms. The van der Waals surface area contributed by atoms with Gasteiger partial charge in [0.25, 0.3) is 5.91 Å². The summed E-state index contributed by atoms with van der Waals surface area (Å²) in [6, 6.07) is 2.90. The van der Waals surface area contributed by atoms with Crippen molar-refractivity contribution in [3.63, 3.8) is 0 Å². The van der Waals surface area contributed by atoms with Gasteiger partial charge in [0.1, 0.15) is 18.2 Å². The third-order valence-corrected chi connectivity index (χ3v) is 10.7. The van der Waals surface area contributed by atoms with Crippen molar-refractivity contribution in [3.8, 4) is 0 Å². The maximum atomic E-state index is 14.2. The van der Waals surface area contributed by atoms with Crippen molar-refractivity contribution in [1.82, 2.24) is 24.9 Å². The molecule has 3 aromatic rings. The highest BCUT2D eigenvalue weighted by Crippen LogP contribution is 2.59. The first-order valence-corrected chi connectivity index (χ1v) is 16.8. The van der Waals surface area contributed by atoms with E-state index >= 15 is 0 Å². The van der Waals surface area contributed by atoms with Gasteiger partial charge in [-0.15, -0.1) is 11.3 Å². The van der Waals surface area contributed by atoms with Crippen molar-refractivity contribution < 1.29 is 42.3 Å². The van der Waals surface area contributed by atoms with Crippen LogP contribution in [0.2, 0.25) is 0 Å². The zero-order valence-electron chi connectivity index (χ0n) is 23.8. The number of alkyl halides is 2. The number of hydrogen-bond donors (Lipinski definition) is 3. The van der Waals surface area contributed by atoms with Crippen LogP contribution in [-0.4, -0.2) is 84.9 Å². The molecule has 0 aliphatic carbocycles. The van der Waals surface area contributed by atoms with Crippen molar-refractivity contribution in [1.29, 1.82) is 0 Å². The molecule has 0 saturated carbocycles. The van der Waals surface area contributed by atoms with E-state index in [1.54, 1.807) is 20.7 Å². The van der Waals surface area contributed by atoms with Crippen LogP contribution in [-0.2, 0) is 31.6 Å². The topological polar surface area (TPSA) is 154 Å². The standard InChI is InChI=1S/C28H32F2N5O7PS/c1-33-14-17(13-31-33)22-15-34(9-10-42-22)27(38)21-7-6-19-3-2-4-20(26(37)35(19)21)32-25(36)24-12-16-11-18(5-8-23(16)44-24)28(29,30)43(39,40)41/h5,8,11-14,19-22H,2-4,6-7,9-10,15H2,1H3,(H,32,36)(H2,39,40,41)/t19-,20-,21-,22?/m0/s1. The van der Waals surface area contributed by atoms with Crippen LogP contribution >= 0.6 is 18.9 Å². The number of thiophene rings is 1. The first-order valence-electron chi connectivity index (χ1n) is 14.3. The van der Waals surface area contributed by atoms with Crippen molar-refractivity contribution in [2.75, 3.05) is 19.7 Å². The maximum Gasteiger partial charge on any atom is 0.399 e. The van der Waals surface area contributed by atoms with Crippen molar-refractivity contribution in [2.45, 2.75) is 62.0 Å². The van der Waals surface area contributed by atoms with Gasteiger partial charge in [-0.3, -0.25) is 23.6 Å². The molecule has 1 aromatic carbocycles. The molecule has 3 saturated heterocycles. The molecule has 4 atom stereocenters. The number of ether oxygens (including phenoxy) is 1. The van der Waals surface area contributed by atoms with E-state index in [0.717, 1.165) is 29.0 Å². The normalized spacial score (nSPS) is 24.8. The van der Waals surface area contributed by atoms with Gasteiger partial charge in [0, 0.05) is 41.7 Å². The number of fused-ring (bicyclic) bond motifs is 2. The van der Waals surface area contributed by atoms with Crippen molar-refractivity contribution >= 4 is 46.7 Å². The summed E-state index contributed by atoms with van der Waals surface area (Å²) in [5, 5.41) is 7.20. The second kappa shape index (κ2) is 11.6. The fraction of sp³-hybridized carbons (Fsp3) is 0.500. The van der Waals surface area contributed by atoms with E-state index < -0.39 is 36.8 Å². The fourth-order valence-corrected chi connectivity index (χ4v) is 7.77. The summed E-state index contributed by atoms with van der Waals surface area (Å²) in [4.78, 5) is 62.6. The van der Waals surface area contributed by atoms with E-state index in [-0.39, 0.29) is 34.2 Å². The molecule has 3 amide bonds. The van der Waals surface area contributed by atoms with Crippen LogP contribution < -0.4 is 5.32 Å². The summed E-state index contributed by atoms with van der Waals surface area (Å²) in [5.41, 5.74) is -4.36. The quantitative estimate of drug-likeness (QED) is 0.344. The van der Waals surface area contributed by atoms with E-state index in [1.165, 1.54) is 12.1 Å². The minimum Gasteiger partial charge on any atom is -0.370 e. The molecule has 3 fully saturated rings. The molecule has 16 heteroatoms. The summed E-state index contributed by atoms with van der Waals surface area (Å²) in [6.45, 7) is 1.12. The number of nitrogens with one attached hydrogen (secondary N) is 1. The minimum absolute atomic E-state index is 0.105. The third-order valence-electron chi connectivity index (χ3n) is 8.60. The molecular weight excluding hydrogens is 619 g/mol. The molecule has 12 nitrogen and oxygen atoms in total. The lowest BCUT2D eigenvalue weighted by atomic mass is 10.1. The third kappa shape index (κ3) is 5.67. The first kappa shape index (κ1) is 30.8. The zero-order chi connectivity index (χ0) is 31.4. The number of aryl methyl sites for hydroxylation is 1. The van der Waals surface area contributed by atoms with Gasteiger partial charge in [0.05, 0.1) is 24.2 Å². The Morgan fingerprint density at radius 2 is 1.98 bits per heavy atom. The summed E-state index contributed by atoms with van der Waals surface area (Å²) in [5.74, 6) is -1.03. The number of carbonyl (C=O) groups is 3. The Hall–Kier alpha value is -3.23. The average Bonchev–Trinajstić information content (AvgIpc) is 3.71. The molecule has 236 valence electrons.